The number of carboxylic acid groups (broad SMARTS) is 1. The summed E-state index contributed by atoms with van der Waals surface area (Å²) >= 11 is 0. The van der Waals surface area contributed by atoms with Gasteiger partial charge in [0.1, 0.15) is 0 Å². The number of aliphatic hydroxyl groups is 1. The maximum atomic E-state index is 10.7. The summed E-state index contributed by atoms with van der Waals surface area (Å²) in [5.41, 5.74) is -0.162. The van der Waals surface area contributed by atoms with E-state index in [0.717, 1.165) is 25.7 Å². The Balaban J connectivity index is 1.89. The predicted octanol–water partition coefficient (Wildman–Crippen LogP) is 0.670. The number of rotatable bonds is 0. The van der Waals surface area contributed by atoms with E-state index in [1.807, 2.05) is 0 Å². The number of hydrogen-bond donors (Lipinski definition) is 2. The first-order valence-electron chi connectivity index (χ1n) is 5.41. The smallest absolute Gasteiger partial charge is 0.407 e. The van der Waals surface area contributed by atoms with E-state index >= 15 is 0 Å². The van der Waals surface area contributed by atoms with E-state index in [1.165, 1.54) is 4.90 Å². The molecule has 0 saturated carbocycles. The van der Waals surface area contributed by atoms with Crippen LogP contribution in [0, 0.1) is 0 Å². The minimum atomic E-state index is -0.847. The number of carbonyl (C=O) groups is 1. The van der Waals surface area contributed by atoms with Crippen LogP contribution in [0.5, 0.6) is 0 Å². The minimum Gasteiger partial charge on any atom is -0.465 e. The Hall–Kier alpha value is -0.810. The second-order valence-corrected chi connectivity index (χ2v) is 4.46. The Morgan fingerprint density at radius 1 is 1.33 bits per heavy atom. The van der Waals surface area contributed by atoms with Crippen molar-refractivity contribution in [2.75, 3.05) is 19.7 Å². The molecular weight excluding hydrogens is 198 g/mol. The zero-order valence-corrected chi connectivity index (χ0v) is 8.69. The average Bonchev–Trinajstić information content (AvgIpc) is 2.24. The summed E-state index contributed by atoms with van der Waals surface area (Å²) in [6.45, 7) is 1.49. The third-order valence-corrected chi connectivity index (χ3v) is 3.46. The van der Waals surface area contributed by atoms with Crippen molar-refractivity contribution in [1.29, 1.82) is 0 Å². The Labute approximate surface area is 88.6 Å². The molecule has 2 heterocycles. The molecule has 0 bridgehead atoms. The minimum absolute atomic E-state index is 0.162. The fourth-order valence-electron chi connectivity index (χ4n) is 2.36. The van der Waals surface area contributed by atoms with Crippen molar-refractivity contribution >= 4 is 6.09 Å². The van der Waals surface area contributed by atoms with Gasteiger partial charge in [0.25, 0.3) is 0 Å². The second-order valence-electron chi connectivity index (χ2n) is 4.46. The summed E-state index contributed by atoms with van der Waals surface area (Å²) in [7, 11) is 0. The lowest BCUT2D eigenvalue weighted by Gasteiger charge is -2.44. The normalized spacial score (nSPS) is 30.5. The van der Waals surface area contributed by atoms with Crippen molar-refractivity contribution in [2.24, 2.45) is 0 Å². The molecular formula is C10H17NO4. The van der Waals surface area contributed by atoms with Gasteiger partial charge < -0.3 is 19.8 Å². The van der Waals surface area contributed by atoms with Crippen molar-refractivity contribution < 1.29 is 19.7 Å². The number of amides is 1. The van der Waals surface area contributed by atoms with Crippen LogP contribution in [0.2, 0.25) is 0 Å². The van der Waals surface area contributed by atoms with Crippen molar-refractivity contribution in [2.45, 2.75) is 37.4 Å². The predicted molar refractivity (Wildman–Crippen MR) is 52.8 cm³/mol. The van der Waals surface area contributed by atoms with Gasteiger partial charge in [0.15, 0.2) is 0 Å². The number of ether oxygens (including phenoxy) is 1. The molecule has 0 aromatic carbocycles. The van der Waals surface area contributed by atoms with Crippen LogP contribution < -0.4 is 0 Å². The molecule has 15 heavy (non-hydrogen) atoms. The van der Waals surface area contributed by atoms with Crippen molar-refractivity contribution in [3.8, 4) is 0 Å². The highest BCUT2D eigenvalue weighted by Crippen LogP contribution is 2.34. The highest BCUT2D eigenvalue weighted by Gasteiger charge is 2.39. The molecule has 0 aromatic rings. The van der Waals surface area contributed by atoms with Crippen molar-refractivity contribution in [3.05, 3.63) is 0 Å². The van der Waals surface area contributed by atoms with Crippen LogP contribution in [0.1, 0.15) is 25.7 Å². The molecule has 86 valence electrons. The van der Waals surface area contributed by atoms with Crippen LogP contribution >= 0.6 is 0 Å². The molecule has 2 fully saturated rings. The fourth-order valence-corrected chi connectivity index (χ4v) is 2.36. The lowest BCUT2D eigenvalue weighted by atomic mass is 9.84. The molecule has 0 aromatic heterocycles. The van der Waals surface area contributed by atoms with Gasteiger partial charge in [0, 0.05) is 13.1 Å². The van der Waals surface area contributed by atoms with Crippen LogP contribution in [-0.4, -0.2) is 52.6 Å². The first-order valence-corrected chi connectivity index (χ1v) is 5.41. The van der Waals surface area contributed by atoms with Gasteiger partial charge in [0.2, 0.25) is 0 Å². The van der Waals surface area contributed by atoms with Crippen LogP contribution in [0.15, 0.2) is 0 Å². The second kappa shape index (κ2) is 3.98. The first kappa shape index (κ1) is 10.7. The SMILES string of the molecule is O=C(O)N1CCC2(CCC(O)CO2)CC1. The number of piperidine rings is 1. The third-order valence-electron chi connectivity index (χ3n) is 3.46. The van der Waals surface area contributed by atoms with Crippen LogP contribution in [0.4, 0.5) is 4.79 Å². The summed E-state index contributed by atoms with van der Waals surface area (Å²) in [6.07, 6.45) is 1.95. The van der Waals surface area contributed by atoms with Gasteiger partial charge >= 0.3 is 6.09 Å². The van der Waals surface area contributed by atoms with Gasteiger partial charge in [-0.15, -0.1) is 0 Å². The number of likely N-dealkylation sites (tertiary alicyclic amines) is 1. The Morgan fingerprint density at radius 3 is 2.47 bits per heavy atom. The van der Waals surface area contributed by atoms with Crippen LogP contribution in [-0.2, 0) is 4.74 Å². The molecule has 0 aliphatic carbocycles. The van der Waals surface area contributed by atoms with Gasteiger partial charge in [-0.05, 0) is 25.7 Å². The monoisotopic (exact) mass is 215 g/mol. The zero-order chi connectivity index (χ0) is 10.9. The molecule has 1 unspecified atom stereocenters. The summed E-state index contributed by atoms with van der Waals surface area (Å²) in [4.78, 5) is 12.2. The van der Waals surface area contributed by atoms with E-state index in [1.54, 1.807) is 0 Å². The average molecular weight is 215 g/mol. The van der Waals surface area contributed by atoms with Crippen LogP contribution in [0.3, 0.4) is 0 Å². The van der Waals surface area contributed by atoms with Gasteiger partial charge in [-0.1, -0.05) is 0 Å². The summed E-state index contributed by atoms with van der Waals surface area (Å²) in [6, 6.07) is 0. The molecule has 1 spiro atoms. The molecule has 5 heteroatoms. The van der Waals surface area contributed by atoms with Crippen molar-refractivity contribution in [1.82, 2.24) is 4.90 Å². The van der Waals surface area contributed by atoms with Gasteiger partial charge in [-0.3, -0.25) is 0 Å². The first-order chi connectivity index (χ1) is 7.11. The maximum absolute atomic E-state index is 10.7. The topological polar surface area (TPSA) is 70.0 Å². The maximum Gasteiger partial charge on any atom is 0.407 e. The molecule has 0 radical (unpaired) electrons. The summed E-state index contributed by atoms with van der Waals surface area (Å²) < 4.78 is 5.68. The highest BCUT2D eigenvalue weighted by atomic mass is 16.5. The zero-order valence-electron chi connectivity index (χ0n) is 8.69. The van der Waals surface area contributed by atoms with E-state index < -0.39 is 6.09 Å². The lowest BCUT2D eigenvalue weighted by molar-refractivity contribution is -0.144. The van der Waals surface area contributed by atoms with Crippen LogP contribution in [0.25, 0.3) is 0 Å². The number of hydrogen-bond acceptors (Lipinski definition) is 3. The number of nitrogens with zero attached hydrogens (tertiary/aromatic N) is 1. The third kappa shape index (κ3) is 2.23. The fraction of sp³-hybridized carbons (Fsp3) is 0.900. The van der Waals surface area contributed by atoms with Crippen molar-refractivity contribution in [3.63, 3.8) is 0 Å². The Bertz CT molecular complexity index is 238. The molecule has 2 N–H and O–H groups in total. The quantitative estimate of drug-likeness (QED) is 0.623. The lowest BCUT2D eigenvalue weighted by Crippen LogP contribution is -2.50. The Kier molecular flexibility index (Phi) is 2.84. The summed E-state index contributed by atoms with van der Waals surface area (Å²) in [5, 5.41) is 18.1. The van der Waals surface area contributed by atoms with Gasteiger partial charge in [-0.2, -0.15) is 0 Å². The van der Waals surface area contributed by atoms with E-state index in [-0.39, 0.29) is 11.7 Å². The molecule has 2 aliphatic heterocycles. The van der Waals surface area contributed by atoms with E-state index in [4.69, 9.17) is 9.84 Å². The summed E-state index contributed by atoms with van der Waals surface area (Å²) in [5.74, 6) is 0. The van der Waals surface area contributed by atoms with E-state index in [9.17, 15) is 9.90 Å². The van der Waals surface area contributed by atoms with E-state index in [0.29, 0.717) is 19.7 Å². The van der Waals surface area contributed by atoms with Gasteiger partial charge in [0.05, 0.1) is 18.3 Å². The standard InChI is InChI=1S/C10H17NO4/c12-8-1-2-10(15-7-8)3-5-11(6-4-10)9(13)14/h8,12H,1-7H2,(H,13,14). The molecule has 2 rings (SSSR count). The Morgan fingerprint density at radius 2 is 2.00 bits per heavy atom. The van der Waals surface area contributed by atoms with Gasteiger partial charge in [-0.25, -0.2) is 4.79 Å². The molecule has 1 atom stereocenters. The molecule has 2 aliphatic rings. The molecule has 2 saturated heterocycles. The largest absolute Gasteiger partial charge is 0.465 e. The molecule has 1 amide bonds. The number of aliphatic hydroxyl groups excluding tert-OH is 1. The van der Waals surface area contributed by atoms with E-state index in [2.05, 4.69) is 0 Å². The highest BCUT2D eigenvalue weighted by molar-refractivity contribution is 5.65. The molecule has 5 nitrogen and oxygen atoms in total.